The number of nitro groups is 1. The van der Waals surface area contributed by atoms with E-state index in [9.17, 15) is 10.1 Å². The van der Waals surface area contributed by atoms with Crippen LogP contribution in [0.1, 0.15) is 11.1 Å². The molecule has 0 aliphatic rings. The molecule has 20 heavy (non-hydrogen) atoms. The first-order chi connectivity index (χ1) is 9.61. The van der Waals surface area contributed by atoms with Gasteiger partial charge in [0.05, 0.1) is 16.6 Å². The van der Waals surface area contributed by atoms with Crippen LogP contribution in [0.4, 0.5) is 11.4 Å². The highest BCUT2D eigenvalue weighted by Crippen LogP contribution is 2.32. The smallest absolute Gasteiger partial charge is 0.310 e. The van der Waals surface area contributed by atoms with Crippen molar-refractivity contribution >= 4 is 23.0 Å². The number of benzene rings is 2. The molecule has 0 radical (unpaired) electrons. The molecule has 0 aromatic heterocycles. The summed E-state index contributed by atoms with van der Waals surface area (Å²) in [5.41, 5.74) is 1.61. The maximum absolute atomic E-state index is 11.0. The largest absolute Gasteiger partial charge is 0.375 e. The van der Waals surface area contributed by atoms with E-state index < -0.39 is 4.92 Å². The minimum atomic E-state index is -0.517. The van der Waals surface area contributed by atoms with E-state index in [1.807, 2.05) is 12.1 Å². The van der Waals surface area contributed by atoms with Crippen LogP contribution in [0.3, 0.4) is 0 Å². The van der Waals surface area contributed by atoms with Gasteiger partial charge >= 0.3 is 5.69 Å². The first-order valence-electron chi connectivity index (χ1n) is 5.77. The number of nitrogens with zero attached hydrogens (tertiary/aromatic N) is 2. The number of rotatable bonds is 4. The summed E-state index contributed by atoms with van der Waals surface area (Å²) in [6.45, 7) is 0.372. The summed E-state index contributed by atoms with van der Waals surface area (Å²) >= 11 is 5.83. The molecule has 0 bridgehead atoms. The van der Waals surface area contributed by atoms with E-state index >= 15 is 0 Å². The van der Waals surface area contributed by atoms with Crippen LogP contribution in [0.2, 0.25) is 5.02 Å². The molecular formula is C14H10ClN3O2. The molecule has 0 aliphatic heterocycles. The fourth-order valence-electron chi connectivity index (χ4n) is 1.79. The quantitative estimate of drug-likeness (QED) is 0.686. The summed E-state index contributed by atoms with van der Waals surface area (Å²) in [7, 11) is 0. The summed E-state index contributed by atoms with van der Waals surface area (Å²) in [6.07, 6.45) is 0. The minimum absolute atomic E-state index is 0.0887. The maximum Gasteiger partial charge on any atom is 0.310 e. The van der Waals surface area contributed by atoms with Gasteiger partial charge in [0.25, 0.3) is 0 Å². The molecule has 1 N–H and O–H groups in total. The molecule has 2 aromatic carbocycles. The SMILES string of the molecule is N#Cc1cccc(CNc2cccc(Cl)c2[N+](=O)[O-])c1. The molecule has 100 valence electrons. The van der Waals surface area contributed by atoms with Crippen molar-refractivity contribution in [2.24, 2.45) is 0 Å². The number of halogens is 1. The van der Waals surface area contributed by atoms with Crippen LogP contribution in [-0.2, 0) is 6.54 Å². The van der Waals surface area contributed by atoms with Crippen LogP contribution in [0.25, 0.3) is 0 Å². The molecule has 0 heterocycles. The fraction of sp³-hybridized carbons (Fsp3) is 0.0714. The van der Waals surface area contributed by atoms with E-state index in [2.05, 4.69) is 5.32 Å². The van der Waals surface area contributed by atoms with Gasteiger partial charge in [0.15, 0.2) is 0 Å². The molecule has 0 spiro atoms. The number of para-hydroxylation sites is 1. The first kappa shape index (κ1) is 13.8. The molecule has 0 saturated heterocycles. The average molecular weight is 288 g/mol. The summed E-state index contributed by atoms with van der Waals surface area (Å²) in [5.74, 6) is 0. The van der Waals surface area contributed by atoms with Gasteiger partial charge in [0.1, 0.15) is 10.7 Å². The molecule has 6 heteroatoms. The first-order valence-corrected chi connectivity index (χ1v) is 6.15. The number of nitriles is 1. The number of nitrogens with one attached hydrogen (secondary N) is 1. The molecule has 0 atom stereocenters. The molecule has 0 fully saturated rings. The fourth-order valence-corrected chi connectivity index (χ4v) is 2.04. The topological polar surface area (TPSA) is 79.0 Å². The summed E-state index contributed by atoms with van der Waals surface area (Å²) in [4.78, 5) is 10.5. The van der Waals surface area contributed by atoms with Gasteiger partial charge in [-0.15, -0.1) is 0 Å². The number of hydrogen-bond acceptors (Lipinski definition) is 4. The lowest BCUT2D eigenvalue weighted by atomic mass is 10.1. The van der Waals surface area contributed by atoms with Gasteiger partial charge in [-0.2, -0.15) is 5.26 Å². The van der Waals surface area contributed by atoms with E-state index in [4.69, 9.17) is 16.9 Å². The Morgan fingerprint density at radius 1 is 1.30 bits per heavy atom. The highest BCUT2D eigenvalue weighted by molar-refractivity contribution is 6.33. The third-order valence-electron chi connectivity index (χ3n) is 2.71. The standard InChI is InChI=1S/C14H10ClN3O2/c15-12-5-2-6-13(14(12)18(19)20)17-9-11-4-1-3-10(7-11)8-16/h1-7,17H,9H2. The zero-order valence-electron chi connectivity index (χ0n) is 10.3. The van der Waals surface area contributed by atoms with Crippen LogP contribution >= 0.6 is 11.6 Å². The monoisotopic (exact) mass is 287 g/mol. The molecule has 0 saturated carbocycles. The van der Waals surface area contributed by atoms with Crippen molar-refractivity contribution in [3.05, 3.63) is 68.7 Å². The second-order valence-corrected chi connectivity index (χ2v) is 4.47. The van der Waals surface area contributed by atoms with Gasteiger partial charge in [-0.05, 0) is 29.8 Å². The highest BCUT2D eigenvalue weighted by atomic mass is 35.5. The third-order valence-corrected chi connectivity index (χ3v) is 3.01. The van der Waals surface area contributed by atoms with Crippen molar-refractivity contribution in [3.8, 4) is 6.07 Å². The van der Waals surface area contributed by atoms with E-state index in [1.165, 1.54) is 6.07 Å². The van der Waals surface area contributed by atoms with Crippen LogP contribution in [0.5, 0.6) is 0 Å². The molecule has 2 aromatic rings. The zero-order valence-corrected chi connectivity index (χ0v) is 11.1. The van der Waals surface area contributed by atoms with Gasteiger partial charge in [-0.1, -0.05) is 29.8 Å². The molecule has 2 rings (SSSR count). The molecule has 0 aliphatic carbocycles. The maximum atomic E-state index is 11.0. The second kappa shape index (κ2) is 6.04. The normalized spacial score (nSPS) is 9.80. The molecule has 0 unspecified atom stereocenters. The van der Waals surface area contributed by atoms with Crippen LogP contribution in [-0.4, -0.2) is 4.92 Å². The Balaban J connectivity index is 2.21. The van der Waals surface area contributed by atoms with E-state index in [-0.39, 0.29) is 10.7 Å². The Labute approximate surface area is 120 Å². The van der Waals surface area contributed by atoms with Crippen molar-refractivity contribution in [3.63, 3.8) is 0 Å². The van der Waals surface area contributed by atoms with Gasteiger partial charge in [0.2, 0.25) is 0 Å². The van der Waals surface area contributed by atoms with E-state index in [0.29, 0.717) is 17.8 Å². The lowest BCUT2D eigenvalue weighted by Crippen LogP contribution is -2.03. The highest BCUT2D eigenvalue weighted by Gasteiger charge is 2.17. The zero-order chi connectivity index (χ0) is 14.5. The molecular weight excluding hydrogens is 278 g/mol. The van der Waals surface area contributed by atoms with Gasteiger partial charge < -0.3 is 5.32 Å². The Kier molecular flexibility index (Phi) is 4.18. The van der Waals surface area contributed by atoms with E-state index in [1.54, 1.807) is 30.3 Å². The number of nitro benzene ring substituents is 1. The Morgan fingerprint density at radius 3 is 2.75 bits per heavy atom. The van der Waals surface area contributed by atoms with Gasteiger partial charge in [-0.3, -0.25) is 10.1 Å². The van der Waals surface area contributed by atoms with Gasteiger partial charge in [0, 0.05) is 6.54 Å². The predicted octanol–water partition coefficient (Wildman–Crippen LogP) is 3.73. The molecule has 0 amide bonds. The predicted molar refractivity (Wildman–Crippen MR) is 76.6 cm³/mol. The van der Waals surface area contributed by atoms with E-state index in [0.717, 1.165) is 5.56 Å². The third kappa shape index (κ3) is 3.05. The van der Waals surface area contributed by atoms with Crippen molar-refractivity contribution in [2.45, 2.75) is 6.54 Å². The van der Waals surface area contributed by atoms with Crippen LogP contribution < -0.4 is 5.32 Å². The second-order valence-electron chi connectivity index (χ2n) is 4.06. The Bertz CT molecular complexity index is 695. The summed E-state index contributed by atoms with van der Waals surface area (Å²) < 4.78 is 0. The van der Waals surface area contributed by atoms with Crippen molar-refractivity contribution in [2.75, 3.05) is 5.32 Å². The average Bonchev–Trinajstić information content (AvgIpc) is 2.45. The van der Waals surface area contributed by atoms with Crippen LogP contribution in [0.15, 0.2) is 42.5 Å². The summed E-state index contributed by atoms with van der Waals surface area (Å²) in [6, 6.07) is 13.8. The van der Waals surface area contributed by atoms with Gasteiger partial charge in [-0.25, -0.2) is 0 Å². The lowest BCUT2D eigenvalue weighted by molar-refractivity contribution is -0.383. The Morgan fingerprint density at radius 2 is 2.05 bits per heavy atom. The molecule has 5 nitrogen and oxygen atoms in total. The van der Waals surface area contributed by atoms with Crippen molar-refractivity contribution < 1.29 is 4.92 Å². The lowest BCUT2D eigenvalue weighted by Gasteiger charge is -2.08. The Hall–Kier alpha value is -2.58. The van der Waals surface area contributed by atoms with Crippen molar-refractivity contribution in [1.82, 2.24) is 0 Å². The summed E-state index contributed by atoms with van der Waals surface area (Å²) in [5, 5.41) is 22.9. The minimum Gasteiger partial charge on any atom is -0.375 e. The van der Waals surface area contributed by atoms with Crippen LogP contribution in [0, 0.1) is 21.4 Å². The number of anilines is 1. The van der Waals surface area contributed by atoms with Crippen molar-refractivity contribution in [1.29, 1.82) is 5.26 Å². The number of hydrogen-bond donors (Lipinski definition) is 1.